The van der Waals surface area contributed by atoms with Gasteiger partial charge in [-0.1, -0.05) is 50.1 Å². The van der Waals surface area contributed by atoms with Crippen LogP contribution in [0.1, 0.15) is 42.1 Å². The number of aliphatic carboxylic acids is 1. The number of carbonyl (C=O) groups excluding carboxylic acids is 3. The molecule has 0 aliphatic rings. The zero-order valence-electron chi connectivity index (χ0n) is 17.0. The van der Waals surface area contributed by atoms with Crippen LogP contribution in [0.25, 0.3) is 6.08 Å². The van der Waals surface area contributed by atoms with Crippen molar-refractivity contribution in [2.45, 2.75) is 32.2 Å². The fourth-order valence-corrected chi connectivity index (χ4v) is 2.70. The molecule has 0 bridgehead atoms. The van der Waals surface area contributed by atoms with E-state index in [2.05, 4.69) is 10.6 Å². The molecule has 7 nitrogen and oxygen atoms in total. The van der Waals surface area contributed by atoms with Crippen LogP contribution in [-0.2, 0) is 9.59 Å². The molecule has 0 unspecified atom stereocenters. The SMILES string of the molecule is CCCC[C@H](NC(=O)/C(=C\c1ccccc1)NC(=O)c1ccc(OC)cc1)C(=O)[O-]. The lowest BCUT2D eigenvalue weighted by atomic mass is 10.1. The molecule has 0 aliphatic heterocycles. The molecule has 2 rings (SSSR count). The molecule has 158 valence electrons. The minimum Gasteiger partial charge on any atom is -0.548 e. The molecule has 0 radical (unpaired) electrons. The van der Waals surface area contributed by atoms with E-state index in [4.69, 9.17) is 4.74 Å². The summed E-state index contributed by atoms with van der Waals surface area (Å²) in [5.41, 5.74) is 0.936. The van der Waals surface area contributed by atoms with Gasteiger partial charge < -0.3 is 25.3 Å². The second kappa shape index (κ2) is 11.4. The Morgan fingerprint density at radius 2 is 1.73 bits per heavy atom. The van der Waals surface area contributed by atoms with E-state index in [0.29, 0.717) is 23.3 Å². The van der Waals surface area contributed by atoms with Gasteiger partial charge >= 0.3 is 0 Å². The van der Waals surface area contributed by atoms with Crippen molar-refractivity contribution < 1.29 is 24.2 Å². The Kier molecular flexibility index (Phi) is 8.62. The summed E-state index contributed by atoms with van der Waals surface area (Å²) in [6, 6.07) is 14.2. The first-order valence-electron chi connectivity index (χ1n) is 9.68. The summed E-state index contributed by atoms with van der Waals surface area (Å²) in [6.07, 6.45) is 3.13. The van der Waals surface area contributed by atoms with Crippen molar-refractivity contribution in [3.63, 3.8) is 0 Å². The highest BCUT2D eigenvalue weighted by Crippen LogP contribution is 2.13. The van der Waals surface area contributed by atoms with Crippen LogP contribution in [-0.4, -0.2) is 30.9 Å². The van der Waals surface area contributed by atoms with E-state index in [1.165, 1.54) is 13.2 Å². The van der Waals surface area contributed by atoms with E-state index in [0.717, 1.165) is 6.42 Å². The minimum absolute atomic E-state index is 0.0650. The highest BCUT2D eigenvalue weighted by atomic mass is 16.5. The number of hydrogen-bond donors (Lipinski definition) is 2. The number of methoxy groups -OCH3 is 1. The van der Waals surface area contributed by atoms with Crippen molar-refractivity contribution in [2.24, 2.45) is 0 Å². The van der Waals surface area contributed by atoms with Gasteiger partial charge in [0.15, 0.2) is 0 Å². The number of carboxylic acids is 1. The summed E-state index contributed by atoms with van der Waals surface area (Å²) in [6.45, 7) is 1.92. The van der Waals surface area contributed by atoms with Gasteiger partial charge in [0.25, 0.3) is 11.8 Å². The van der Waals surface area contributed by atoms with Crippen molar-refractivity contribution in [3.05, 3.63) is 71.4 Å². The van der Waals surface area contributed by atoms with Gasteiger partial charge in [-0.05, 0) is 42.3 Å². The second-order valence-electron chi connectivity index (χ2n) is 6.64. The molecule has 0 aliphatic carbocycles. The number of benzene rings is 2. The van der Waals surface area contributed by atoms with E-state index in [1.54, 1.807) is 48.5 Å². The molecule has 0 heterocycles. The van der Waals surface area contributed by atoms with Crippen LogP contribution in [0, 0.1) is 0 Å². The second-order valence-corrected chi connectivity index (χ2v) is 6.64. The smallest absolute Gasteiger partial charge is 0.268 e. The number of nitrogens with one attached hydrogen (secondary N) is 2. The molecule has 7 heteroatoms. The van der Waals surface area contributed by atoms with Crippen LogP contribution in [0.15, 0.2) is 60.3 Å². The topological polar surface area (TPSA) is 108 Å². The predicted octanol–water partition coefficient (Wildman–Crippen LogP) is 1.89. The zero-order valence-corrected chi connectivity index (χ0v) is 17.0. The summed E-state index contributed by atoms with van der Waals surface area (Å²) in [7, 11) is 1.52. The van der Waals surface area contributed by atoms with Crippen molar-refractivity contribution in [3.8, 4) is 5.75 Å². The van der Waals surface area contributed by atoms with Crippen molar-refractivity contribution in [1.82, 2.24) is 10.6 Å². The maximum Gasteiger partial charge on any atom is 0.268 e. The molecule has 0 aromatic heterocycles. The molecule has 0 spiro atoms. The van der Waals surface area contributed by atoms with Gasteiger partial charge in [-0.3, -0.25) is 9.59 Å². The molecule has 0 fully saturated rings. The predicted molar refractivity (Wildman–Crippen MR) is 111 cm³/mol. The summed E-state index contributed by atoms with van der Waals surface area (Å²) in [4.78, 5) is 36.8. The zero-order chi connectivity index (χ0) is 21.9. The Hall–Kier alpha value is -3.61. The Balaban J connectivity index is 2.25. The molecule has 2 N–H and O–H groups in total. The Morgan fingerprint density at radius 3 is 2.30 bits per heavy atom. The van der Waals surface area contributed by atoms with Gasteiger partial charge in [0.1, 0.15) is 11.4 Å². The Morgan fingerprint density at radius 1 is 1.07 bits per heavy atom. The van der Waals surface area contributed by atoms with Crippen molar-refractivity contribution >= 4 is 23.9 Å². The molecule has 2 aromatic rings. The summed E-state index contributed by atoms with van der Waals surface area (Å²) in [5, 5.41) is 16.4. The van der Waals surface area contributed by atoms with Crippen molar-refractivity contribution in [2.75, 3.05) is 7.11 Å². The van der Waals surface area contributed by atoms with E-state index in [1.807, 2.05) is 13.0 Å². The molecule has 0 saturated heterocycles. The first-order chi connectivity index (χ1) is 14.4. The molecule has 2 amide bonds. The monoisotopic (exact) mass is 409 g/mol. The number of ether oxygens (including phenoxy) is 1. The number of amides is 2. The van der Waals surface area contributed by atoms with Gasteiger partial charge in [0, 0.05) is 5.56 Å². The van der Waals surface area contributed by atoms with E-state index >= 15 is 0 Å². The third-order valence-corrected chi connectivity index (χ3v) is 4.39. The highest BCUT2D eigenvalue weighted by Gasteiger charge is 2.19. The fourth-order valence-electron chi connectivity index (χ4n) is 2.70. The van der Waals surface area contributed by atoms with Gasteiger partial charge in [0.2, 0.25) is 0 Å². The number of unbranched alkanes of at least 4 members (excludes halogenated alkanes) is 1. The first-order valence-corrected chi connectivity index (χ1v) is 9.68. The van der Waals surface area contributed by atoms with Gasteiger partial charge in [-0.15, -0.1) is 0 Å². The first kappa shape index (κ1) is 22.7. The van der Waals surface area contributed by atoms with Crippen LogP contribution in [0.3, 0.4) is 0 Å². The van der Waals surface area contributed by atoms with Gasteiger partial charge in [-0.2, -0.15) is 0 Å². The lowest BCUT2D eigenvalue weighted by Gasteiger charge is -2.20. The molecule has 2 aromatic carbocycles. The van der Waals surface area contributed by atoms with E-state index in [9.17, 15) is 19.5 Å². The summed E-state index contributed by atoms with van der Waals surface area (Å²) >= 11 is 0. The quantitative estimate of drug-likeness (QED) is 0.583. The third kappa shape index (κ3) is 6.77. The standard InChI is InChI=1S/C23H26N2O5/c1-3-4-10-19(23(28)29)24-22(27)20(15-16-8-6-5-7-9-16)25-21(26)17-11-13-18(30-2)14-12-17/h5-9,11-15,19H,3-4,10H2,1-2H3,(H,24,27)(H,25,26)(H,28,29)/p-1/b20-15+/t19-/m0/s1. The third-order valence-electron chi connectivity index (χ3n) is 4.39. The Bertz CT molecular complexity index is 892. The van der Waals surface area contributed by atoms with Gasteiger partial charge in [-0.25, -0.2) is 0 Å². The van der Waals surface area contributed by atoms with Crippen LogP contribution in [0.2, 0.25) is 0 Å². The van der Waals surface area contributed by atoms with E-state index in [-0.39, 0.29) is 12.1 Å². The lowest BCUT2D eigenvalue weighted by molar-refractivity contribution is -0.308. The normalized spacial score (nSPS) is 12.0. The number of carboxylic acid groups (broad SMARTS) is 1. The lowest BCUT2D eigenvalue weighted by Crippen LogP contribution is -2.49. The largest absolute Gasteiger partial charge is 0.548 e. The molecule has 0 saturated carbocycles. The van der Waals surface area contributed by atoms with Crippen molar-refractivity contribution in [1.29, 1.82) is 0 Å². The number of carbonyl (C=O) groups is 3. The van der Waals surface area contributed by atoms with Gasteiger partial charge in [0.05, 0.1) is 19.1 Å². The number of hydrogen-bond acceptors (Lipinski definition) is 5. The van der Waals surface area contributed by atoms with Crippen LogP contribution in [0.4, 0.5) is 0 Å². The Labute approximate surface area is 175 Å². The average molecular weight is 409 g/mol. The van der Waals surface area contributed by atoms with Crippen LogP contribution in [0.5, 0.6) is 5.75 Å². The maximum atomic E-state index is 12.8. The van der Waals surface area contributed by atoms with Crippen LogP contribution < -0.4 is 20.5 Å². The van der Waals surface area contributed by atoms with Crippen LogP contribution >= 0.6 is 0 Å². The molecular weight excluding hydrogens is 384 g/mol. The molecular formula is C23H25N2O5-. The minimum atomic E-state index is -1.36. The molecule has 1 atom stereocenters. The molecule has 30 heavy (non-hydrogen) atoms. The maximum absolute atomic E-state index is 12.8. The average Bonchev–Trinajstić information content (AvgIpc) is 2.76. The van der Waals surface area contributed by atoms with E-state index < -0.39 is 23.8 Å². The highest BCUT2D eigenvalue weighted by molar-refractivity contribution is 6.06. The summed E-state index contributed by atoms with van der Waals surface area (Å²) in [5.74, 6) is -1.98. The summed E-state index contributed by atoms with van der Waals surface area (Å²) < 4.78 is 5.08. The fraction of sp³-hybridized carbons (Fsp3) is 0.261. The number of rotatable bonds is 10.